The van der Waals surface area contributed by atoms with Crippen LogP contribution >= 0.6 is 0 Å². The zero-order chi connectivity index (χ0) is 26.2. The molecule has 1 aromatic heterocycles. The van der Waals surface area contributed by atoms with Gasteiger partial charge >= 0.3 is 5.97 Å². The summed E-state index contributed by atoms with van der Waals surface area (Å²) in [6.45, 7) is 0. The van der Waals surface area contributed by atoms with Crippen LogP contribution in [0.15, 0.2) is 34.2 Å². The van der Waals surface area contributed by atoms with Crippen LogP contribution in [0.1, 0.15) is 94.7 Å². The monoisotopic (exact) mass is 520 g/mol. The zero-order valence-corrected chi connectivity index (χ0v) is 22.4. The lowest BCUT2D eigenvalue weighted by Crippen LogP contribution is -2.52. The summed E-state index contributed by atoms with van der Waals surface area (Å²) in [5, 5.41) is 13.7. The van der Waals surface area contributed by atoms with Crippen molar-refractivity contribution in [1.29, 1.82) is 0 Å². The van der Waals surface area contributed by atoms with E-state index in [1.807, 2.05) is 28.8 Å². The molecule has 6 rings (SSSR count). The van der Waals surface area contributed by atoms with Gasteiger partial charge in [-0.2, -0.15) is 0 Å². The molecule has 0 amide bonds. The molecule has 8 nitrogen and oxygen atoms in total. The largest absolute Gasteiger partial charge is 0.481 e. The normalized spacial score (nSPS) is 32.3. The number of carbonyl (C=O) groups is 1. The number of hydrogen-bond donors (Lipinski definition) is 1. The lowest BCUT2D eigenvalue weighted by molar-refractivity contribution is -0.138. The third-order valence-corrected chi connectivity index (χ3v) is 9.87. The fraction of sp³-hybridized carbons (Fsp3) is 0.667. The Morgan fingerprint density at radius 3 is 2.37 bits per heavy atom. The highest BCUT2D eigenvalue weighted by Crippen LogP contribution is 2.48. The maximum absolute atomic E-state index is 14.0. The average molecular weight is 521 g/mol. The van der Waals surface area contributed by atoms with Crippen molar-refractivity contribution >= 4 is 23.2 Å². The van der Waals surface area contributed by atoms with Gasteiger partial charge in [0.25, 0.3) is 5.56 Å². The Kier molecular flexibility index (Phi) is 7.25. The lowest BCUT2D eigenvalue weighted by Gasteiger charge is -2.48. The average Bonchev–Trinajstić information content (AvgIpc) is 3.06. The number of rotatable bonds is 7. The standard InChI is InChI=1S/C30H40N4O4/c1-38-31-13-12-25(30(36)37)28-29(35)34(27-9-5-4-8-26(27)32-28)24-17-21-10-11-22(18-24)33(21)23-15-19-6-2-3-7-20(14-19)16-23/h4-5,8-9,13,19-25H,2-3,6-7,10-12,14-18H2,1H3,(H,36,37)/b31-13+/t19-,20-,21-,22-,25?/m1/s1. The second kappa shape index (κ2) is 10.8. The summed E-state index contributed by atoms with van der Waals surface area (Å²) in [5.41, 5.74) is 1.29. The van der Waals surface area contributed by atoms with E-state index in [2.05, 4.69) is 15.0 Å². The predicted molar refractivity (Wildman–Crippen MR) is 147 cm³/mol. The molecule has 4 aliphatic rings. The third-order valence-electron chi connectivity index (χ3n) is 9.87. The Bertz CT molecular complexity index is 1230. The molecule has 2 saturated carbocycles. The van der Waals surface area contributed by atoms with Crippen molar-refractivity contribution in [2.45, 2.75) is 107 Å². The van der Waals surface area contributed by atoms with Crippen LogP contribution in [0.4, 0.5) is 0 Å². The maximum atomic E-state index is 14.0. The summed E-state index contributed by atoms with van der Waals surface area (Å²) in [6.07, 6.45) is 15.5. The van der Waals surface area contributed by atoms with E-state index in [0.717, 1.165) is 30.2 Å². The van der Waals surface area contributed by atoms with E-state index in [1.165, 1.54) is 71.1 Å². The van der Waals surface area contributed by atoms with Crippen molar-refractivity contribution in [2.24, 2.45) is 17.0 Å². The summed E-state index contributed by atoms with van der Waals surface area (Å²) in [6, 6.07) is 9.40. The third kappa shape index (κ3) is 4.76. The highest BCUT2D eigenvalue weighted by molar-refractivity contribution is 5.81. The number of benzene rings is 1. The topological polar surface area (TPSA) is 97.0 Å². The zero-order valence-electron chi connectivity index (χ0n) is 22.4. The summed E-state index contributed by atoms with van der Waals surface area (Å²) in [4.78, 5) is 38.4. The van der Waals surface area contributed by atoms with E-state index in [4.69, 9.17) is 4.84 Å². The molecule has 2 aliphatic heterocycles. The van der Waals surface area contributed by atoms with E-state index in [9.17, 15) is 14.7 Å². The molecular formula is C30H40N4O4. The van der Waals surface area contributed by atoms with Crippen LogP contribution in [0.3, 0.4) is 0 Å². The molecule has 2 saturated heterocycles. The number of piperidine rings is 1. The van der Waals surface area contributed by atoms with Crippen LogP contribution in [-0.2, 0) is 9.63 Å². The van der Waals surface area contributed by atoms with Gasteiger partial charge in [0.15, 0.2) is 0 Å². The molecule has 204 valence electrons. The summed E-state index contributed by atoms with van der Waals surface area (Å²) < 4.78 is 1.89. The van der Waals surface area contributed by atoms with Gasteiger partial charge in [-0.05, 0) is 68.9 Å². The van der Waals surface area contributed by atoms with Gasteiger partial charge < -0.3 is 14.5 Å². The Morgan fingerprint density at radius 2 is 1.71 bits per heavy atom. The Labute approximate surface area is 224 Å². The molecule has 1 aromatic carbocycles. The fourth-order valence-corrected chi connectivity index (χ4v) is 8.42. The number of oxime groups is 1. The van der Waals surface area contributed by atoms with Crippen molar-refractivity contribution < 1.29 is 14.7 Å². The minimum Gasteiger partial charge on any atom is -0.481 e. The summed E-state index contributed by atoms with van der Waals surface area (Å²) in [5.74, 6) is -0.364. The van der Waals surface area contributed by atoms with E-state index in [0.29, 0.717) is 23.6 Å². The van der Waals surface area contributed by atoms with E-state index in [1.54, 1.807) is 0 Å². The first kappa shape index (κ1) is 25.5. The second-order valence-corrected chi connectivity index (χ2v) is 12.1. The van der Waals surface area contributed by atoms with Crippen LogP contribution in [0.25, 0.3) is 11.0 Å². The number of nitrogens with zero attached hydrogens (tertiary/aromatic N) is 4. The van der Waals surface area contributed by atoms with Gasteiger partial charge in [0.2, 0.25) is 0 Å². The Morgan fingerprint density at radius 1 is 1.03 bits per heavy atom. The highest BCUT2D eigenvalue weighted by Gasteiger charge is 2.47. The van der Waals surface area contributed by atoms with Crippen LogP contribution in [0.2, 0.25) is 0 Å². The van der Waals surface area contributed by atoms with E-state index >= 15 is 0 Å². The SMILES string of the molecule is CO/N=C/CC(C(=O)O)c1nc2ccccc2n(C2C[C@H]3CC[C@H](C2)N3C2C[C@@H]3CCCC[C@@H](C2)C3)c1=O. The van der Waals surface area contributed by atoms with E-state index < -0.39 is 11.9 Å². The molecular weight excluding hydrogens is 480 g/mol. The van der Waals surface area contributed by atoms with Gasteiger partial charge in [-0.25, -0.2) is 4.98 Å². The molecule has 1 unspecified atom stereocenters. The molecule has 2 aromatic rings. The number of aliphatic carboxylic acids is 1. The molecule has 4 fully saturated rings. The molecule has 3 heterocycles. The molecule has 0 radical (unpaired) electrons. The van der Waals surface area contributed by atoms with Gasteiger partial charge in [0, 0.05) is 36.8 Å². The second-order valence-electron chi connectivity index (χ2n) is 12.1. The number of hydrogen-bond acceptors (Lipinski definition) is 6. The highest BCUT2D eigenvalue weighted by atomic mass is 16.6. The molecule has 2 aliphatic carbocycles. The first-order valence-corrected chi connectivity index (χ1v) is 14.6. The van der Waals surface area contributed by atoms with E-state index in [-0.39, 0.29) is 23.7 Å². The molecule has 1 N–H and O–H groups in total. The maximum Gasteiger partial charge on any atom is 0.313 e. The summed E-state index contributed by atoms with van der Waals surface area (Å²) in [7, 11) is 1.41. The first-order valence-electron chi connectivity index (χ1n) is 14.6. The summed E-state index contributed by atoms with van der Waals surface area (Å²) >= 11 is 0. The minimum absolute atomic E-state index is 0.0517. The molecule has 5 atom stereocenters. The van der Waals surface area contributed by atoms with Crippen LogP contribution in [-0.4, -0.2) is 57.0 Å². The minimum atomic E-state index is -1.08. The van der Waals surface area contributed by atoms with Crippen molar-refractivity contribution in [3.05, 3.63) is 40.3 Å². The number of fused-ring (bicyclic) bond motifs is 5. The molecule has 4 bridgehead atoms. The van der Waals surface area contributed by atoms with Crippen molar-refractivity contribution in [1.82, 2.24) is 14.5 Å². The lowest BCUT2D eigenvalue weighted by atomic mass is 9.76. The van der Waals surface area contributed by atoms with Gasteiger partial charge in [-0.15, -0.1) is 0 Å². The van der Waals surface area contributed by atoms with Crippen molar-refractivity contribution in [3.8, 4) is 0 Å². The molecule has 38 heavy (non-hydrogen) atoms. The number of carboxylic acid groups (broad SMARTS) is 1. The van der Waals surface area contributed by atoms with Gasteiger partial charge in [0.05, 0.1) is 11.0 Å². The van der Waals surface area contributed by atoms with Crippen LogP contribution < -0.4 is 5.56 Å². The fourth-order valence-electron chi connectivity index (χ4n) is 8.42. The first-order chi connectivity index (χ1) is 18.5. The van der Waals surface area contributed by atoms with Gasteiger partial charge in [-0.3, -0.25) is 14.5 Å². The van der Waals surface area contributed by atoms with Crippen LogP contribution in [0, 0.1) is 11.8 Å². The van der Waals surface area contributed by atoms with Crippen molar-refractivity contribution in [3.63, 3.8) is 0 Å². The predicted octanol–water partition coefficient (Wildman–Crippen LogP) is 5.11. The number of aromatic nitrogens is 2. The number of para-hydroxylation sites is 2. The van der Waals surface area contributed by atoms with Crippen LogP contribution in [0.5, 0.6) is 0 Å². The van der Waals surface area contributed by atoms with Gasteiger partial charge in [0.1, 0.15) is 18.7 Å². The molecule has 0 spiro atoms. The van der Waals surface area contributed by atoms with Crippen molar-refractivity contribution in [2.75, 3.05) is 7.11 Å². The number of carboxylic acids is 1. The smallest absolute Gasteiger partial charge is 0.313 e. The molecule has 8 heteroatoms. The Hall–Kier alpha value is -2.74. The van der Waals surface area contributed by atoms with Gasteiger partial charge in [-0.1, -0.05) is 43.0 Å². The Balaban J connectivity index is 1.32. The quantitative estimate of drug-likeness (QED) is 0.402.